The van der Waals surface area contributed by atoms with E-state index in [1.807, 2.05) is 17.0 Å². The van der Waals surface area contributed by atoms with Crippen molar-refractivity contribution in [2.75, 3.05) is 30.3 Å². The predicted octanol–water partition coefficient (Wildman–Crippen LogP) is 4.02. The Labute approximate surface area is 158 Å². The van der Waals surface area contributed by atoms with Crippen molar-refractivity contribution in [3.63, 3.8) is 0 Å². The van der Waals surface area contributed by atoms with Gasteiger partial charge in [-0.3, -0.25) is 9.59 Å². The number of likely N-dealkylation sites (tertiary alicyclic amines) is 1. The van der Waals surface area contributed by atoms with Crippen LogP contribution in [0.15, 0.2) is 48.5 Å². The lowest BCUT2D eigenvalue weighted by Crippen LogP contribution is -2.35. The first-order chi connectivity index (χ1) is 12.6. The van der Waals surface area contributed by atoms with Crippen LogP contribution in [-0.4, -0.2) is 36.3 Å². The van der Waals surface area contributed by atoms with Crippen LogP contribution in [0.4, 0.5) is 11.4 Å². The Bertz CT molecular complexity index is 754. The third-order valence-electron chi connectivity index (χ3n) is 4.36. The molecule has 5 nitrogen and oxygen atoms in total. The van der Waals surface area contributed by atoms with Gasteiger partial charge in [0.25, 0.3) is 5.91 Å². The van der Waals surface area contributed by atoms with Crippen LogP contribution in [0, 0.1) is 0 Å². The number of hydrogen-bond donors (Lipinski definition) is 2. The van der Waals surface area contributed by atoms with Crippen molar-refractivity contribution in [2.24, 2.45) is 0 Å². The Balaban J connectivity index is 1.50. The second-order valence-corrected chi connectivity index (χ2v) is 6.78. The van der Waals surface area contributed by atoms with E-state index in [4.69, 9.17) is 11.6 Å². The molecule has 0 saturated carbocycles. The summed E-state index contributed by atoms with van der Waals surface area (Å²) in [7, 11) is 0. The number of halogens is 1. The quantitative estimate of drug-likeness (QED) is 0.834. The van der Waals surface area contributed by atoms with Crippen molar-refractivity contribution in [3.8, 4) is 0 Å². The molecule has 2 amide bonds. The van der Waals surface area contributed by atoms with Crippen LogP contribution in [0.3, 0.4) is 0 Å². The van der Waals surface area contributed by atoms with Crippen molar-refractivity contribution in [1.82, 2.24) is 4.90 Å². The number of nitrogens with one attached hydrogen (secondary N) is 2. The van der Waals surface area contributed by atoms with E-state index >= 15 is 0 Å². The average Bonchev–Trinajstić information content (AvgIpc) is 2.68. The number of hydrogen-bond acceptors (Lipinski definition) is 3. The summed E-state index contributed by atoms with van der Waals surface area (Å²) in [6.45, 7) is 1.80. The molecule has 2 N–H and O–H groups in total. The Morgan fingerprint density at radius 1 is 0.885 bits per heavy atom. The smallest absolute Gasteiger partial charge is 0.253 e. The molecule has 0 atom stereocenters. The minimum absolute atomic E-state index is 0.0620. The summed E-state index contributed by atoms with van der Waals surface area (Å²) in [5.74, 6) is -0.0953. The van der Waals surface area contributed by atoms with Gasteiger partial charge in [-0.05, 0) is 67.8 Å². The minimum Gasteiger partial charge on any atom is -0.376 e. The van der Waals surface area contributed by atoms with Crippen LogP contribution in [0.2, 0.25) is 5.02 Å². The van der Waals surface area contributed by atoms with Gasteiger partial charge in [0.15, 0.2) is 0 Å². The average molecular weight is 372 g/mol. The summed E-state index contributed by atoms with van der Waals surface area (Å²) in [4.78, 5) is 26.4. The number of nitrogens with zero attached hydrogens (tertiary/aromatic N) is 1. The summed E-state index contributed by atoms with van der Waals surface area (Å²) in [6, 6.07) is 14.2. The molecule has 0 aromatic heterocycles. The first-order valence-electron chi connectivity index (χ1n) is 8.80. The van der Waals surface area contributed by atoms with Gasteiger partial charge < -0.3 is 15.5 Å². The summed E-state index contributed by atoms with van der Waals surface area (Å²) >= 11 is 5.83. The molecule has 1 aliphatic heterocycles. The van der Waals surface area contributed by atoms with Gasteiger partial charge in [-0.25, -0.2) is 0 Å². The van der Waals surface area contributed by atoms with Gasteiger partial charge in [-0.2, -0.15) is 0 Å². The summed E-state index contributed by atoms with van der Waals surface area (Å²) in [6.07, 6.45) is 3.33. The Hall–Kier alpha value is -2.53. The number of rotatable bonds is 5. The molecule has 26 heavy (non-hydrogen) atoms. The van der Waals surface area contributed by atoms with Crippen LogP contribution in [0.5, 0.6) is 0 Å². The number of piperidine rings is 1. The highest BCUT2D eigenvalue weighted by atomic mass is 35.5. The molecule has 0 unspecified atom stereocenters. The molecular formula is C20H22ClN3O2. The Morgan fingerprint density at radius 3 is 2.15 bits per heavy atom. The molecule has 0 bridgehead atoms. The van der Waals surface area contributed by atoms with Crippen LogP contribution in [0.25, 0.3) is 0 Å². The van der Waals surface area contributed by atoms with Crippen molar-refractivity contribution < 1.29 is 9.59 Å². The van der Waals surface area contributed by atoms with E-state index in [9.17, 15) is 9.59 Å². The van der Waals surface area contributed by atoms with Crippen molar-refractivity contribution >= 4 is 34.8 Å². The number of anilines is 2. The van der Waals surface area contributed by atoms with Crippen LogP contribution >= 0.6 is 11.6 Å². The highest BCUT2D eigenvalue weighted by Gasteiger charge is 2.17. The first kappa shape index (κ1) is 18.3. The summed E-state index contributed by atoms with van der Waals surface area (Å²) < 4.78 is 0. The minimum atomic E-state index is -0.157. The van der Waals surface area contributed by atoms with Gasteiger partial charge in [-0.1, -0.05) is 11.6 Å². The van der Waals surface area contributed by atoms with E-state index in [0.717, 1.165) is 31.6 Å². The van der Waals surface area contributed by atoms with Crippen molar-refractivity contribution in [3.05, 3.63) is 59.1 Å². The van der Waals surface area contributed by atoms with E-state index in [-0.39, 0.29) is 18.4 Å². The van der Waals surface area contributed by atoms with E-state index in [1.165, 1.54) is 6.42 Å². The maximum Gasteiger partial charge on any atom is 0.253 e. The maximum absolute atomic E-state index is 12.4. The fraction of sp³-hybridized carbons (Fsp3) is 0.300. The van der Waals surface area contributed by atoms with E-state index < -0.39 is 0 Å². The zero-order valence-electron chi connectivity index (χ0n) is 14.5. The van der Waals surface area contributed by atoms with Gasteiger partial charge in [0.1, 0.15) is 0 Å². The second kappa shape index (κ2) is 8.72. The standard InChI is InChI=1S/C20H22ClN3O2/c21-16-6-10-17(11-7-16)22-14-19(25)23-18-8-4-15(5-9-18)20(26)24-12-2-1-3-13-24/h4-11,22H,1-3,12-14H2,(H,23,25). The molecule has 1 aliphatic rings. The maximum atomic E-state index is 12.4. The molecule has 0 radical (unpaired) electrons. The number of carbonyl (C=O) groups excluding carboxylic acids is 2. The molecule has 1 heterocycles. The molecule has 1 saturated heterocycles. The highest BCUT2D eigenvalue weighted by Crippen LogP contribution is 2.16. The monoisotopic (exact) mass is 371 g/mol. The molecule has 2 aromatic carbocycles. The summed E-state index contributed by atoms with van der Waals surface area (Å²) in [5, 5.41) is 6.50. The Kier molecular flexibility index (Phi) is 6.12. The number of amides is 2. The topological polar surface area (TPSA) is 61.4 Å². The van der Waals surface area contributed by atoms with Gasteiger partial charge in [-0.15, -0.1) is 0 Å². The molecular weight excluding hydrogens is 350 g/mol. The third-order valence-corrected chi connectivity index (χ3v) is 4.61. The van der Waals surface area contributed by atoms with Gasteiger partial charge in [0.2, 0.25) is 5.91 Å². The lowest BCUT2D eigenvalue weighted by Gasteiger charge is -2.26. The lowest BCUT2D eigenvalue weighted by molar-refractivity contribution is -0.114. The molecule has 0 spiro atoms. The zero-order valence-corrected chi connectivity index (χ0v) is 15.3. The van der Waals surface area contributed by atoms with E-state index in [1.54, 1.807) is 36.4 Å². The van der Waals surface area contributed by atoms with Crippen molar-refractivity contribution in [1.29, 1.82) is 0 Å². The largest absolute Gasteiger partial charge is 0.376 e. The Morgan fingerprint density at radius 2 is 1.50 bits per heavy atom. The molecule has 3 rings (SSSR count). The first-order valence-corrected chi connectivity index (χ1v) is 9.18. The molecule has 0 aliphatic carbocycles. The zero-order chi connectivity index (χ0) is 18.4. The SMILES string of the molecule is O=C(CNc1ccc(Cl)cc1)Nc1ccc(C(=O)N2CCCCC2)cc1. The van der Waals surface area contributed by atoms with Crippen molar-refractivity contribution in [2.45, 2.75) is 19.3 Å². The van der Waals surface area contributed by atoms with Gasteiger partial charge in [0, 0.05) is 35.1 Å². The van der Waals surface area contributed by atoms with Crippen LogP contribution in [-0.2, 0) is 4.79 Å². The molecule has 136 valence electrons. The number of benzene rings is 2. The lowest BCUT2D eigenvalue weighted by atomic mass is 10.1. The van der Waals surface area contributed by atoms with Crippen LogP contribution < -0.4 is 10.6 Å². The third kappa shape index (κ3) is 4.99. The molecule has 1 fully saturated rings. The van der Waals surface area contributed by atoms with E-state index in [0.29, 0.717) is 16.3 Å². The normalized spacial score (nSPS) is 14.0. The van der Waals surface area contributed by atoms with Gasteiger partial charge >= 0.3 is 0 Å². The van der Waals surface area contributed by atoms with E-state index in [2.05, 4.69) is 10.6 Å². The van der Waals surface area contributed by atoms with Gasteiger partial charge in [0.05, 0.1) is 6.54 Å². The molecule has 6 heteroatoms. The highest BCUT2D eigenvalue weighted by molar-refractivity contribution is 6.30. The summed E-state index contributed by atoms with van der Waals surface area (Å²) in [5.41, 5.74) is 2.15. The molecule has 2 aromatic rings. The fourth-order valence-corrected chi connectivity index (χ4v) is 3.06. The fourth-order valence-electron chi connectivity index (χ4n) is 2.93. The predicted molar refractivity (Wildman–Crippen MR) is 105 cm³/mol. The second-order valence-electron chi connectivity index (χ2n) is 6.34. The number of carbonyl (C=O) groups is 2. The van der Waals surface area contributed by atoms with Crippen LogP contribution in [0.1, 0.15) is 29.6 Å².